The van der Waals surface area contributed by atoms with Gasteiger partial charge in [-0.25, -0.2) is 8.42 Å². The van der Waals surface area contributed by atoms with Gasteiger partial charge in [0.2, 0.25) is 10.4 Å². The topological polar surface area (TPSA) is 86.7 Å². The molecule has 0 bridgehead atoms. The molecule has 5 nitrogen and oxygen atoms in total. The zero-order valence-corrected chi connectivity index (χ0v) is 24.3. The van der Waals surface area contributed by atoms with E-state index in [0.717, 1.165) is 50.9 Å². The van der Waals surface area contributed by atoms with E-state index in [1.54, 1.807) is 0 Å². The Labute approximate surface area is 222 Å². The fourth-order valence-electron chi connectivity index (χ4n) is 4.08. The van der Waals surface area contributed by atoms with Gasteiger partial charge in [0.25, 0.3) is 0 Å². The standard InChI is InChI=1S/C25H52O5S.Na/c1-3-24(2)20-16-12-8-4-5-9-13-17-21-25(30-31(27,28)29)22-18-14-10-6-7-11-15-19-23-26;/h24-26H,3-23H2,1-2H3,(H,27,28,29);/q;+1/p-1. The average Bonchev–Trinajstić information content (AvgIpc) is 2.72. The van der Waals surface area contributed by atoms with Crippen LogP contribution in [0.15, 0.2) is 0 Å². The molecule has 188 valence electrons. The second-order valence-electron chi connectivity index (χ2n) is 9.39. The van der Waals surface area contributed by atoms with Crippen molar-refractivity contribution < 1.29 is 51.8 Å². The summed E-state index contributed by atoms with van der Waals surface area (Å²) < 4.78 is 37.9. The molecule has 0 spiro atoms. The van der Waals surface area contributed by atoms with Gasteiger partial charge in [-0.2, -0.15) is 0 Å². The second kappa shape index (κ2) is 24.9. The summed E-state index contributed by atoms with van der Waals surface area (Å²) in [7, 11) is -4.62. The maximum atomic E-state index is 11.0. The van der Waals surface area contributed by atoms with Crippen molar-refractivity contribution in [3.05, 3.63) is 0 Å². The molecule has 2 unspecified atom stereocenters. The molecular weight excluding hydrogens is 435 g/mol. The van der Waals surface area contributed by atoms with Gasteiger partial charge in [-0.15, -0.1) is 0 Å². The Balaban J connectivity index is 0. The fraction of sp³-hybridized carbons (Fsp3) is 1.00. The summed E-state index contributed by atoms with van der Waals surface area (Å²) in [5.74, 6) is 0.857. The molecule has 0 aromatic heterocycles. The summed E-state index contributed by atoms with van der Waals surface area (Å²) >= 11 is 0. The molecule has 0 aliphatic heterocycles. The van der Waals surface area contributed by atoms with E-state index >= 15 is 0 Å². The first-order valence-electron chi connectivity index (χ1n) is 13.1. The molecule has 2 atom stereocenters. The van der Waals surface area contributed by atoms with Crippen molar-refractivity contribution in [1.82, 2.24) is 0 Å². The molecule has 0 radical (unpaired) electrons. The van der Waals surface area contributed by atoms with Crippen molar-refractivity contribution in [1.29, 1.82) is 0 Å². The van der Waals surface area contributed by atoms with Gasteiger partial charge in [-0.3, -0.25) is 4.18 Å². The van der Waals surface area contributed by atoms with Crippen LogP contribution in [0.2, 0.25) is 0 Å². The maximum Gasteiger partial charge on any atom is 1.00 e. The zero-order chi connectivity index (χ0) is 23.2. The van der Waals surface area contributed by atoms with Crippen LogP contribution in [-0.2, 0) is 14.6 Å². The first kappa shape index (κ1) is 35.0. The number of rotatable bonds is 24. The van der Waals surface area contributed by atoms with Crippen LogP contribution in [0, 0.1) is 5.92 Å². The van der Waals surface area contributed by atoms with E-state index in [4.69, 9.17) is 9.29 Å². The number of hydrogen-bond donors (Lipinski definition) is 1. The van der Waals surface area contributed by atoms with Gasteiger partial charge < -0.3 is 9.66 Å². The van der Waals surface area contributed by atoms with E-state index in [2.05, 4.69) is 13.8 Å². The van der Waals surface area contributed by atoms with Crippen LogP contribution in [0.25, 0.3) is 0 Å². The van der Waals surface area contributed by atoms with Crippen molar-refractivity contribution in [3.63, 3.8) is 0 Å². The minimum absolute atomic E-state index is 0. The molecule has 0 saturated heterocycles. The summed E-state index contributed by atoms with van der Waals surface area (Å²) in [6, 6.07) is 0. The predicted molar refractivity (Wildman–Crippen MR) is 129 cm³/mol. The average molecular weight is 487 g/mol. The molecule has 0 aromatic rings. The number of unbranched alkanes of at least 4 members (excludes halogenated alkanes) is 14. The summed E-state index contributed by atoms with van der Waals surface area (Å²) in [5, 5.41) is 8.76. The van der Waals surface area contributed by atoms with Crippen LogP contribution < -0.4 is 29.6 Å². The zero-order valence-electron chi connectivity index (χ0n) is 21.5. The van der Waals surface area contributed by atoms with E-state index in [9.17, 15) is 13.0 Å². The number of aliphatic hydroxyl groups excluding tert-OH is 1. The third kappa shape index (κ3) is 27.1. The summed E-state index contributed by atoms with van der Waals surface area (Å²) in [6.45, 7) is 4.87. The smallest absolute Gasteiger partial charge is 0.726 e. The summed E-state index contributed by atoms with van der Waals surface area (Å²) in [6.07, 6.45) is 21.8. The predicted octanol–water partition coefficient (Wildman–Crippen LogP) is 4.29. The van der Waals surface area contributed by atoms with Gasteiger partial charge in [0.1, 0.15) is 0 Å². The molecule has 0 rings (SSSR count). The van der Waals surface area contributed by atoms with Crippen LogP contribution in [0.4, 0.5) is 0 Å². The van der Waals surface area contributed by atoms with E-state index in [-0.39, 0.29) is 36.2 Å². The Morgan fingerprint density at radius 2 is 1.03 bits per heavy atom. The van der Waals surface area contributed by atoms with Crippen molar-refractivity contribution in [3.8, 4) is 0 Å². The Morgan fingerprint density at radius 3 is 1.38 bits per heavy atom. The van der Waals surface area contributed by atoms with E-state index in [1.165, 1.54) is 70.6 Å². The number of hydrogen-bond acceptors (Lipinski definition) is 5. The fourth-order valence-corrected chi connectivity index (χ4v) is 4.61. The van der Waals surface area contributed by atoms with Crippen molar-refractivity contribution in [2.45, 2.75) is 148 Å². The molecule has 0 aliphatic carbocycles. The minimum Gasteiger partial charge on any atom is -0.726 e. The quantitative estimate of drug-likeness (QED) is 0.0952. The van der Waals surface area contributed by atoms with Gasteiger partial charge in [-0.1, -0.05) is 123 Å². The summed E-state index contributed by atoms with van der Waals surface area (Å²) in [4.78, 5) is 0. The molecule has 0 heterocycles. The SMILES string of the molecule is CCC(C)CCCCCCCCCCC(CCCCCCCCCCO)OS(=O)(=O)[O-].[Na+]. The Kier molecular flexibility index (Phi) is 27.3. The first-order chi connectivity index (χ1) is 14.9. The van der Waals surface area contributed by atoms with E-state index < -0.39 is 16.5 Å². The van der Waals surface area contributed by atoms with Gasteiger partial charge in [0, 0.05) is 6.61 Å². The molecule has 0 aliphatic rings. The molecule has 0 amide bonds. The third-order valence-corrected chi connectivity index (χ3v) is 6.87. The van der Waals surface area contributed by atoms with Crippen LogP contribution >= 0.6 is 0 Å². The third-order valence-electron chi connectivity index (χ3n) is 6.36. The van der Waals surface area contributed by atoms with Gasteiger partial charge in [0.05, 0.1) is 6.10 Å². The normalized spacial score (nSPS) is 13.6. The molecule has 32 heavy (non-hydrogen) atoms. The Hall–Kier alpha value is 0.830. The monoisotopic (exact) mass is 486 g/mol. The molecule has 7 heteroatoms. The Morgan fingerprint density at radius 1 is 0.688 bits per heavy atom. The maximum absolute atomic E-state index is 11.0. The van der Waals surface area contributed by atoms with Crippen LogP contribution in [-0.4, -0.2) is 30.8 Å². The Bertz CT molecular complexity index is 473. The minimum atomic E-state index is -4.62. The van der Waals surface area contributed by atoms with Crippen LogP contribution in [0.3, 0.4) is 0 Å². The molecule has 0 saturated carbocycles. The first-order valence-corrected chi connectivity index (χ1v) is 14.5. The molecular formula is C25H51NaO5S. The number of aliphatic hydroxyl groups is 1. The van der Waals surface area contributed by atoms with E-state index in [1.807, 2.05) is 0 Å². The van der Waals surface area contributed by atoms with Gasteiger partial charge >= 0.3 is 29.6 Å². The van der Waals surface area contributed by atoms with Crippen LogP contribution in [0.1, 0.15) is 142 Å². The van der Waals surface area contributed by atoms with Crippen LogP contribution in [0.5, 0.6) is 0 Å². The summed E-state index contributed by atoms with van der Waals surface area (Å²) in [5.41, 5.74) is 0. The van der Waals surface area contributed by atoms with E-state index in [0.29, 0.717) is 12.8 Å². The molecule has 0 fully saturated rings. The largest absolute Gasteiger partial charge is 1.00 e. The van der Waals surface area contributed by atoms with Crippen molar-refractivity contribution >= 4 is 10.4 Å². The molecule has 1 N–H and O–H groups in total. The van der Waals surface area contributed by atoms with Gasteiger partial charge in [-0.05, 0) is 25.2 Å². The van der Waals surface area contributed by atoms with Gasteiger partial charge in [0.15, 0.2) is 0 Å². The second-order valence-corrected chi connectivity index (χ2v) is 10.4. The molecule has 0 aromatic carbocycles. The van der Waals surface area contributed by atoms with Crippen molar-refractivity contribution in [2.75, 3.05) is 6.61 Å². The van der Waals surface area contributed by atoms with Crippen molar-refractivity contribution in [2.24, 2.45) is 5.92 Å².